The van der Waals surface area contributed by atoms with Gasteiger partial charge < -0.3 is 15.6 Å². The first-order chi connectivity index (χ1) is 8.15. The number of hydrogen-bond donors (Lipinski definition) is 3. The molecule has 1 aromatic carbocycles. The number of nitrogens with one attached hydrogen (secondary N) is 1. The van der Waals surface area contributed by atoms with Crippen LogP contribution in [0.5, 0.6) is 11.5 Å². The van der Waals surface area contributed by atoms with E-state index in [1.54, 1.807) is 6.07 Å². The first-order valence-corrected chi connectivity index (χ1v) is 4.83. The van der Waals surface area contributed by atoms with Gasteiger partial charge in [0.2, 0.25) is 0 Å². The van der Waals surface area contributed by atoms with E-state index in [1.165, 1.54) is 19.2 Å². The summed E-state index contributed by atoms with van der Waals surface area (Å²) < 4.78 is 4.92. The van der Waals surface area contributed by atoms with Crippen molar-refractivity contribution in [2.45, 2.75) is 0 Å². The molecule has 0 aliphatic carbocycles. The molecular weight excluding hydrogens is 222 g/mol. The molecule has 4 N–H and O–H groups in total. The van der Waals surface area contributed by atoms with Crippen molar-refractivity contribution in [3.8, 4) is 22.8 Å². The van der Waals surface area contributed by atoms with E-state index in [-0.39, 0.29) is 11.5 Å². The first-order valence-electron chi connectivity index (χ1n) is 4.83. The average Bonchev–Trinajstić information content (AvgIpc) is 2.75. The minimum absolute atomic E-state index is 0.0544. The maximum absolute atomic E-state index is 11.0. The van der Waals surface area contributed by atoms with E-state index in [0.29, 0.717) is 28.9 Å². The third-order valence-electron chi connectivity index (χ3n) is 2.37. The highest BCUT2D eigenvalue weighted by atomic mass is 16.5. The van der Waals surface area contributed by atoms with Gasteiger partial charge in [-0.05, 0) is 12.1 Å². The largest absolute Gasteiger partial charge is 0.504 e. The summed E-state index contributed by atoms with van der Waals surface area (Å²) in [4.78, 5) is 11.0. The van der Waals surface area contributed by atoms with Crippen LogP contribution in [0.3, 0.4) is 0 Å². The van der Waals surface area contributed by atoms with Gasteiger partial charge in [0, 0.05) is 17.2 Å². The maximum Gasteiger partial charge on any atom is 0.161 e. The fraction of sp³-hybridized carbons (Fsp3) is 0.0909. The Bertz CT molecular complexity index is 563. The van der Waals surface area contributed by atoms with Gasteiger partial charge in [0.25, 0.3) is 0 Å². The third-order valence-corrected chi connectivity index (χ3v) is 2.37. The summed E-state index contributed by atoms with van der Waals surface area (Å²) in [6.45, 7) is 0. The molecule has 1 aromatic heterocycles. The average molecular weight is 233 g/mol. The Kier molecular flexibility index (Phi) is 2.70. The maximum atomic E-state index is 11.0. The van der Waals surface area contributed by atoms with E-state index < -0.39 is 0 Å². The number of nitrogens with zero attached hydrogens (tertiary/aromatic N) is 1. The van der Waals surface area contributed by atoms with E-state index in [9.17, 15) is 9.90 Å². The zero-order valence-electron chi connectivity index (χ0n) is 9.10. The van der Waals surface area contributed by atoms with Crippen molar-refractivity contribution < 1.29 is 14.6 Å². The van der Waals surface area contributed by atoms with Crippen LogP contribution in [0, 0.1) is 0 Å². The van der Waals surface area contributed by atoms with Crippen molar-refractivity contribution in [1.29, 1.82) is 0 Å². The standard InChI is InChI=1S/C11H11N3O3/c1-17-10-2-6(5-15)7(3-9(10)16)8-4-11(12)14-13-8/h2-5,16H,1H3,(H3,12,13,14). The number of benzene rings is 1. The van der Waals surface area contributed by atoms with Crippen LogP contribution in [0.2, 0.25) is 0 Å². The van der Waals surface area contributed by atoms with Gasteiger partial charge in [0.1, 0.15) is 5.82 Å². The minimum Gasteiger partial charge on any atom is -0.504 e. The highest BCUT2D eigenvalue weighted by molar-refractivity contribution is 5.88. The number of aromatic nitrogens is 2. The van der Waals surface area contributed by atoms with Gasteiger partial charge in [-0.3, -0.25) is 9.89 Å². The lowest BCUT2D eigenvalue weighted by atomic mass is 10.0. The van der Waals surface area contributed by atoms with Gasteiger partial charge in [-0.2, -0.15) is 5.10 Å². The number of H-pyrrole nitrogens is 1. The highest BCUT2D eigenvalue weighted by Crippen LogP contribution is 2.33. The van der Waals surface area contributed by atoms with Crippen LogP contribution in [0.15, 0.2) is 18.2 Å². The Morgan fingerprint density at radius 1 is 1.47 bits per heavy atom. The monoisotopic (exact) mass is 233 g/mol. The molecule has 0 fully saturated rings. The molecule has 0 unspecified atom stereocenters. The predicted molar refractivity (Wildman–Crippen MR) is 62.0 cm³/mol. The van der Waals surface area contributed by atoms with E-state index in [0.717, 1.165) is 0 Å². The number of carbonyl (C=O) groups excluding carboxylic acids is 1. The van der Waals surface area contributed by atoms with Crippen LogP contribution in [0.1, 0.15) is 10.4 Å². The van der Waals surface area contributed by atoms with Gasteiger partial charge >= 0.3 is 0 Å². The normalized spacial score (nSPS) is 10.2. The van der Waals surface area contributed by atoms with E-state index in [2.05, 4.69) is 10.2 Å². The summed E-state index contributed by atoms with van der Waals surface area (Å²) in [6, 6.07) is 4.46. The summed E-state index contributed by atoms with van der Waals surface area (Å²) in [6.07, 6.45) is 0.675. The van der Waals surface area contributed by atoms with Crippen LogP contribution >= 0.6 is 0 Å². The zero-order valence-corrected chi connectivity index (χ0v) is 9.10. The highest BCUT2D eigenvalue weighted by Gasteiger charge is 2.12. The zero-order chi connectivity index (χ0) is 12.4. The molecule has 6 nitrogen and oxygen atoms in total. The molecule has 6 heteroatoms. The Labute approximate surface area is 97.0 Å². The molecule has 1 heterocycles. The van der Waals surface area contributed by atoms with Crippen molar-refractivity contribution in [2.75, 3.05) is 12.8 Å². The Balaban J connectivity index is 2.61. The van der Waals surface area contributed by atoms with Crippen LogP contribution < -0.4 is 10.5 Å². The summed E-state index contributed by atoms with van der Waals surface area (Å²) in [5, 5.41) is 16.1. The second-order valence-corrected chi connectivity index (χ2v) is 3.44. The van der Waals surface area contributed by atoms with Crippen molar-refractivity contribution in [3.63, 3.8) is 0 Å². The van der Waals surface area contributed by atoms with Crippen LogP contribution in [0.25, 0.3) is 11.3 Å². The topological polar surface area (TPSA) is 101 Å². The van der Waals surface area contributed by atoms with Crippen molar-refractivity contribution >= 4 is 12.1 Å². The number of nitrogen functional groups attached to an aromatic ring is 1. The summed E-state index contributed by atoms with van der Waals surface area (Å²) in [7, 11) is 1.41. The SMILES string of the molecule is COc1cc(C=O)c(-c2cc(N)n[nH]2)cc1O. The smallest absolute Gasteiger partial charge is 0.161 e. The molecule has 0 radical (unpaired) electrons. The molecule has 2 rings (SSSR count). The Morgan fingerprint density at radius 2 is 2.24 bits per heavy atom. The molecule has 0 spiro atoms. The van der Waals surface area contributed by atoms with E-state index >= 15 is 0 Å². The lowest BCUT2D eigenvalue weighted by Gasteiger charge is -2.07. The molecule has 88 valence electrons. The number of aromatic amines is 1. The molecule has 2 aromatic rings. The number of phenols is 1. The van der Waals surface area contributed by atoms with Gasteiger partial charge in [-0.15, -0.1) is 0 Å². The summed E-state index contributed by atoms with van der Waals surface area (Å²) in [5.74, 6) is 0.497. The molecule has 0 bridgehead atoms. The van der Waals surface area contributed by atoms with Gasteiger partial charge in [-0.25, -0.2) is 0 Å². The second kappa shape index (κ2) is 4.17. The fourth-order valence-corrected chi connectivity index (χ4v) is 1.55. The van der Waals surface area contributed by atoms with Crippen molar-refractivity contribution in [2.24, 2.45) is 0 Å². The van der Waals surface area contributed by atoms with Gasteiger partial charge in [-0.1, -0.05) is 0 Å². The van der Waals surface area contributed by atoms with E-state index in [4.69, 9.17) is 10.5 Å². The number of nitrogens with two attached hydrogens (primary N) is 1. The van der Waals surface area contributed by atoms with Gasteiger partial charge in [0.15, 0.2) is 17.8 Å². The van der Waals surface area contributed by atoms with Gasteiger partial charge in [0.05, 0.1) is 12.8 Å². The summed E-state index contributed by atoms with van der Waals surface area (Å²) in [5.41, 5.74) is 6.94. The quantitative estimate of drug-likeness (QED) is 0.691. The minimum atomic E-state index is -0.0544. The number of anilines is 1. The second-order valence-electron chi connectivity index (χ2n) is 3.44. The van der Waals surface area contributed by atoms with Crippen LogP contribution in [-0.4, -0.2) is 28.7 Å². The Hall–Kier alpha value is -2.50. The Morgan fingerprint density at radius 3 is 2.76 bits per heavy atom. The number of methoxy groups -OCH3 is 1. The van der Waals surface area contributed by atoms with Crippen LogP contribution in [-0.2, 0) is 0 Å². The molecular formula is C11H11N3O3. The third kappa shape index (κ3) is 1.92. The first kappa shape index (κ1) is 11.0. The van der Waals surface area contributed by atoms with E-state index in [1.807, 2.05) is 0 Å². The number of aromatic hydroxyl groups is 1. The molecule has 0 aliphatic rings. The van der Waals surface area contributed by atoms with Crippen LogP contribution in [0.4, 0.5) is 5.82 Å². The number of carbonyl (C=O) groups is 1. The van der Waals surface area contributed by atoms with Crippen molar-refractivity contribution in [1.82, 2.24) is 10.2 Å². The molecule has 0 saturated heterocycles. The number of aldehydes is 1. The number of phenolic OH excluding ortho intramolecular Hbond substituents is 1. The molecule has 0 saturated carbocycles. The number of rotatable bonds is 3. The number of ether oxygens (including phenoxy) is 1. The van der Waals surface area contributed by atoms with Crippen molar-refractivity contribution in [3.05, 3.63) is 23.8 Å². The fourth-order valence-electron chi connectivity index (χ4n) is 1.55. The molecule has 0 aliphatic heterocycles. The molecule has 17 heavy (non-hydrogen) atoms. The number of hydrogen-bond acceptors (Lipinski definition) is 5. The predicted octanol–water partition coefficient (Wildman–Crippen LogP) is 1.19. The molecule has 0 atom stereocenters. The lowest BCUT2D eigenvalue weighted by Crippen LogP contribution is -1.92. The lowest BCUT2D eigenvalue weighted by molar-refractivity contribution is 0.112. The summed E-state index contributed by atoms with van der Waals surface area (Å²) >= 11 is 0. The molecule has 0 amide bonds.